The topological polar surface area (TPSA) is 58.2 Å². The number of rotatable bonds is 4. The van der Waals surface area contributed by atoms with Gasteiger partial charge in [0, 0.05) is 16.5 Å². The standard InChI is InChI=1S/C18H16ClFN2O2S/c19-12-5-3-6-13(9-12)21-17(23)15-10-25-16(18(24)22-15)8-11-4-1-2-7-14(11)20/h1-7,9,15-16H,8,10H2,(H,21,23)(H,22,24)/t15-,16+/m1/s1. The summed E-state index contributed by atoms with van der Waals surface area (Å²) in [5.41, 5.74) is 1.07. The third kappa shape index (κ3) is 4.52. The third-order valence-electron chi connectivity index (χ3n) is 3.84. The molecule has 0 aliphatic carbocycles. The molecule has 2 N–H and O–H groups in total. The van der Waals surface area contributed by atoms with Gasteiger partial charge in [-0.25, -0.2) is 4.39 Å². The second-order valence-electron chi connectivity index (χ2n) is 5.68. The van der Waals surface area contributed by atoms with Crippen molar-refractivity contribution >= 4 is 40.9 Å². The molecule has 2 atom stereocenters. The maximum absolute atomic E-state index is 13.7. The molecule has 0 aromatic heterocycles. The predicted octanol–water partition coefficient (Wildman–Crippen LogP) is 3.26. The van der Waals surface area contributed by atoms with Gasteiger partial charge in [-0.05, 0) is 36.2 Å². The highest BCUT2D eigenvalue weighted by Crippen LogP contribution is 2.24. The summed E-state index contributed by atoms with van der Waals surface area (Å²) in [4.78, 5) is 24.6. The van der Waals surface area contributed by atoms with Crippen LogP contribution in [-0.4, -0.2) is 28.9 Å². The van der Waals surface area contributed by atoms with E-state index in [4.69, 9.17) is 11.6 Å². The van der Waals surface area contributed by atoms with Crippen LogP contribution >= 0.6 is 23.4 Å². The smallest absolute Gasteiger partial charge is 0.247 e. The van der Waals surface area contributed by atoms with E-state index in [-0.39, 0.29) is 17.6 Å². The van der Waals surface area contributed by atoms with Crippen molar-refractivity contribution in [1.82, 2.24) is 5.32 Å². The van der Waals surface area contributed by atoms with Crippen LogP contribution < -0.4 is 10.6 Å². The molecule has 4 nitrogen and oxygen atoms in total. The fourth-order valence-corrected chi connectivity index (χ4v) is 3.91. The molecule has 25 heavy (non-hydrogen) atoms. The fraction of sp³-hybridized carbons (Fsp3) is 0.222. The fourth-order valence-electron chi connectivity index (χ4n) is 2.55. The Hall–Kier alpha value is -2.05. The number of thioether (sulfide) groups is 1. The first-order chi connectivity index (χ1) is 12.0. The Bertz CT molecular complexity index is 802. The Labute approximate surface area is 154 Å². The highest BCUT2D eigenvalue weighted by atomic mass is 35.5. The molecule has 1 fully saturated rings. The predicted molar refractivity (Wildman–Crippen MR) is 98.4 cm³/mol. The highest BCUT2D eigenvalue weighted by Gasteiger charge is 2.32. The zero-order valence-corrected chi connectivity index (χ0v) is 14.7. The van der Waals surface area contributed by atoms with E-state index in [1.807, 2.05) is 0 Å². The zero-order chi connectivity index (χ0) is 17.8. The molecule has 1 heterocycles. The van der Waals surface area contributed by atoms with Gasteiger partial charge < -0.3 is 10.6 Å². The summed E-state index contributed by atoms with van der Waals surface area (Å²) >= 11 is 7.25. The van der Waals surface area contributed by atoms with Gasteiger partial charge in [-0.1, -0.05) is 35.9 Å². The van der Waals surface area contributed by atoms with E-state index >= 15 is 0 Å². The summed E-state index contributed by atoms with van der Waals surface area (Å²) in [6, 6.07) is 12.6. The summed E-state index contributed by atoms with van der Waals surface area (Å²) < 4.78 is 13.7. The van der Waals surface area contributed by atoms with Gasteiger partial charge in [-0.2, -0.15) is 0 Å². The number of carbonyl (C=O) groups is 2. The van der Waals surface area contributed by atoms with E-state index in [1.165, 1.54) is 17.8 Å². The van der Waals surface area contributed by atoms with Crippen molar-refractivity contribution in [3.63, 3.8) is 0 Å². The summed E-state index contributed by atoms with van der Waals surface area (Å²) in [5.74, 6) is -0.452. The molecular formula is C18H16ClFN2O2S. The Morgan fingerprint density at radius 3 is 2.80 bits per heavy atom. The van der Waals surface area contributed by atoms with Gasteiger partial charge in [-0.15, -0.1) is 11.8 Å². The molecule has 130 valence electrons. The van der Waals surface area contributed by atoms with Gasteiger partial charge in [-0.3, -0.25) is 9.59 Å². The third-order valence-corrected chi connectivity index (χ3v) is 5.39. The van der Waals surface area contributed by atoms with Gasteiger partial charge in [0.2, 0.25) is 11.8 Å². The molecule has 7 heteroatoms. The largest absolute Gasteiger partial charge is 0.343 e. The SMILES string of the molecule is O=C1N[C@@H](C(=O)Nc2cccc(Cl)c2)CS[C@H]1Cc1ccccc1F. The van der Waals surface area contributed by atoms with Gasteiger partial charge in [0.05, 0.1) is 5.25 Å². The molecule has 1 aliphatic heterocycles. The van der Waals surface area contributed by atoms with E-state index in [1.54, 1.807) is 42.5 Å². The maximum Gasteiger partial charge on any atom is 0.247 e. The minimum absolute atomic E-state index is 0.259. The Morgan fingerprint density at radius 2 is 2.08 bits per heavy atom. The lowest BCUT2D eigenvalue weighted by atomic mass is 10.1. The van der Waals surface area contributed by atoms with Crippen molar-refractivity contribution in [3.05, 3.63) is 64.9 Å². The molecule has 1 aliphatic rings. The van der Waals surface area contributed by atoms with Gasteiger partial charge in [0.1, 0.15) is 11.9 Å². The van der Waals surface area contributed by atoms with Crippen molar-refractivity contribution in [2.24, 2.45) is 0 Å². The first-order valence-electron chi connectivity index (χ1n) is 7.75. The number of anilines is 1. The monoisotopic (exact) mass is 378 g/mol. The lowest BCUT2D eigenvalue weighted by Gasteiger charge is -2.28. The van der Waals surface area contributed by atoms with Gasteiger partial charge >= 0.3 is 0 Å². The number of nitrogens with one attached hydrogen (secondary N) is 2. The van der Waals surface area contributed by atoms with Crippen LogP contribution in [0.2, 0.25) is 5.02 Å². The van der Waals surface area contributed by atoms with Crippen LogP contribution in [0.25, 0.3) is 0 Å². The Kier molecular flexibility index (Phi) is 5.60. The minimum atomic E-state index is -0.631. The average Bonchev–Trinajstić information content (AvgIpc) is 2.58. The molecule has 1 saturated heterocycles. The van der Waals surface area contributed by atoms with Crippen molar-refractivity contribution < 1.29 is 14.0 Å². The quantitative estimate of drug-likeness (QED) is 0.858. The lowest BCUT2D eigenvalue weighted by Crippen LogP contribution is -2.52. The Morgan fingerprint density at radius 1 is 1.28 bits per heavy atom. The first kappa shape index (κ1) is 17.8. The molecule has 0 radical (unpaired) electrons. The number of halogens is 2. The molecule has 2 aromatic rings. The van der Waals surface area contributed by atoms with Crippen LogP contribution in [0.15, 0.2) is 48.5 Å². The van der Waals surface area contributed by atoms with E-state index in [2.05, 4.69) is 10.6 Å². The zero-order valence-electron chi connectivity index (χ0n) is 13.2. The number of benzene rings is 2. The number of carbonyl (C=O) groups excluding carboxylic acids is 2. The molecule has 0 bridgehead atoms. The van der Waals surface area contributed by atoms with E-state index in [9.17, 15) is 14.0 Å². The molecule has 0 saturated carbocycles. The second kappa shape index (κ2) is 7.89. The van der Waals surface area contributed by atoms with Crippen LogP contribution in [0.4, 0.5) is 10.1 Å². The van der Waals surface area contributed by atoms with E-state index in [0.717, 1.165) is 0 Å². The minimum Gasteiger partial charge on any atom is -0.343 e. The summed E-state index contributed by atoms with van der Waals surface area (Å²) in [5, 5.41) is 5.56. The highest BCUT2D eigenvalue weighted by molar-refractivity contribution is 8.00. The Balaban J connectivity index is 1.59. The van der Waals surface area contributed by atoms with Crippen LogP contribution in [-0.2, 0) is 16.0 Å². The van der Waals surface area contributed by atoms with E-state index < -0.39 is 11.3 Å². The number of amides is 2. The molecule has 2 aromatic carbocycles. The first-order valence-corrected chi connectivity index (χ1v) is 9.17. The van der Waals surface area contributed by atoms with Crippen molar-refractivity contribution in [2.45, 2.75) is 17.7 Å². The molecule has 0 unspecified atom stereocenters. The average molecular weight is 379 g/mol. The summed E-state index contributed by atoms with van der Waals surface area (Å²) in [6.07, 6.45) is 0.297. The van der Waals surface area contributed by atoms with Crippen molar-refractivity contribution in [2.75, 3.05) is 11.1 Å². The summed E-state index contributed by atoms with van der Waals surface area (Å²) in [6.45, 7) is 0. The van der Waals surface area contributed by atoms with Crippen molar-refractivity contribution in [1.29, 1.82) is 0 Å². The molecule has 0 spiro atoms. The summed E-state index contributed by atoms with van der Waals surface area (Å²) in [7, 11) is 0. The van der Waals surface area contributed by atoms with Crippen LogP contribution in [0.3, 0.4) is 0 Å². The maximum atomic E-state index is 13.7. The number of hydrogen-bond donors (Lipinski definition) is 2. The van der Waals surface area contributed by atoms with Crippen LogP contribution in [0, 0.1) is 5.82 Å². The van der Waals surface area contributed by atoms with Crippen LogP contribution in [0.1, 0.15) is 5.56 Å². The van der Waals surface area contributed by atoms with E-state index in [0.29, 0.717) is 28.4 Å². The molecule has 3 rings (SSSR count). The van der Waals surface area contributed by atoms with Gasteiger partial charge in [0.25, 0.3) is 0 Å². The lowest BCUT2D eigenvalue weighted by molar-refractivity contribution is -0.126. The number of hydrogen-bond acceptors (Lipinski definition) is 3. The van der Waals surface area contributed by atoms with Crippen molar-refractivity contribution in [3.8, 4) is 0 Å². The van der Waals surface area contributed by atoms with Crippen LogP contribution in [0.5, 0.6) is 0 Å². The second-order valence-corrected chi connectivity index (χ2v) is 7.35. The molecular weight excluding hydrogens is 363 g/mol. The molecule has 2 amide bonds. The van der Waals surface area contributed by atoms with Gasteiger partial charge in [0.15, 0.2) is 0 Å². The normalized spacial score (nSPS) is 20.0.